The number of hydrogen-bond donors (Lipinski definition) is 0. The van der Waals surface area contributed by atoms with Gasteiger partial charge in [-0.05, 0) is 25.8 Å². The summed E-state index contributed by atoms with van der Waals surface area (Å²) in [6.45, 7) is 10.00. The standard InChI is InChI=1S/C11H18O/c1-6-9(2)7-8-10(3)11(4)12-5/h7-8H,4,6H2,1-3,5H3/b9-7+,10-8-. The molecule has 1 heteroatoms. The Bertz CT molecular complexity index is 209. The lowest BCUT2D eigenvalue weighted by Crippen LogP contribution is -1.85. The van der Waals surface area contributed by atoms with E-state index in [2.05, 4.69) is 26.5 Å². The Morgan fingerprint density at radius 1 is 1.33 bits per heavy atom. The highest BCUT2D eigenvalue weighted by molar-refractivity contribution is 5.26. The molecule has 0 atom stereocenters. The molecule has 0 aliphatic heterocycles. The van der Waals surface area contributed by atoms with E-state index in [-0.39, 0.29) is 0 Å². The Kier molecular flexibility index (Phi) is 5.18. The molecule has 1 nitrogen and oxygen atoms in total. The molecular formula is C11H18O. The molecule has 0 unspecified atom stereocenters. The SMILES string of the molecule is C=C(OC)/C(C)=C\C=C(/C)CC. The second kappa shape index (κ2) is 5.64. The van der Waals surface area contributed by atoms with Gasteiger partial charge in [-0.1, -0.05) is 31.2 Å². The van der Waals surface area contributed by atoms with E-state index < -0.39 is 0 Å². The van der Waals surface area contributed by atoms with Crippen molar-refractivity contribution in [2.75, 3.05) is 7.11 Å². The van der Waals surface area contributed by atoms with E-state index in [1.807, 2.05) is 13.0 Å². The fourth-order valence-corrected chi connectivity index (χ4v) is 0.639. The predicted octanol–water partition coefficient (Wildman–Crippen LogP) is 3.45. The Balaban J connectivity index is 4.27. The van der Waals surface area contributed by atoms with Gasteiger partial charge in [0.1, 0.15) is 5.76 Å². The van der Waals surface area contributed by atoms with Crippen LogP contribution >= 0.6 is 0 Å². The maximum absolute atomic E-state index is 4.99. The van der Waals surface area contributed by atoms with E-state index in [0.717, 1.165) is 17.8 Å². The number of ether oxygens (including phenoxy) is 1. The molecule has 68 valence electrons. The zero-order valence-corrected chi connectivity index (χ0v) is 8.48. The molecule has 12 heavy (non-hydrogen) atoms. The van der Waals surface area contributed by atoms with Gasteiger partial charge in [-0.25, -0.2) is 0 Å². The zero-order valence-electron chi connectivity index (χ0n) is 8.48. The van der Waals surface area contributed by atoms with E-state index in [9.17, 15) is 0 Å². The van der Waals surface area contributed by atoms with E-state index in [0.29, 0.717) is 0 Å². The average Bonchev–Trinajstić information content (AvgIpc) is 2.11. The van der Waals surface area contributed by atoms with Gasteiger partial charge in [-0.3, -0.25) is 0 Å². The summed E-state index contributed by atoms with van der Waals surface area (Å²) < 4.78 is 4.99. The van der Waals surface area contributed by atoms with E-state index in [1.165, 1.54) is 5.57 Å². The van der Waals surface area contributed by atoms with Gasteiger partial charge in [-0.2, -0.15) is 0 Å². The second-order valence-electron chi connectivity index (χ2n) is 2.84. The van der Waals surface area contributed by atoms with Crippen molar-refractivity contribution in [3.05, 3.63) is 35.6 Å². The number of allylic oxidation sites excluding steroid dienone is 4. The Morgan fingerprint density at radius 3 is 2.33 bits per heavy atom. The van der Waals surface area contributed by atoms with Gasteiger partial charge in [-0.15, -0.1) is 0 Å². The lowest BCUT2D eigenvalue weighted by molar-refractivity contribution is 0.303. The minimum absolute atomic E-state index is 0.732. The van der Waals surface area contributed by atoms with Crippen molar-refractivity contribution >= 4 is 0 Å². The summed E-state index contributed by atoms with van der Waals surface area (Å²) in [5.74, 6) is 0.732. The van der Waals surface area contributed by atoms with Crippen LogP contribution in [0.3, 0.4) is 0 Å². The molecule has 0 bridgehead atoms. The van der Waals surface area contributed by atoms with E-state index in [1.54, 1.807) is 7.11 Å². The van der Waals surface area contributed by atoms with Gasteiger partial charge in [0.2, 0.25) is 0 Å². The average molecular weight is 166 g/mol. The topological polar surface area (TPSA) is 9.23 Å². The first-order valence-corrected chi connectivity index (χ1v) is 4.19. The van der Waals surface area contributed by atoms with Crippen LogP contribution in [0.1, 0.15) is 27.2 Å². The van der Waals surface area contributed by atoms with Crippen molar-refractivity contribution in [2.24, 2.45) is 0 Å². The van der Waals surface area contributed by atoms with Gasteiger partial charge in [0.15, 0.2) is 0 Å². The normalized spacial score (nSPS) is 13.0. The summed E-state index contributed by atoms with van der Waals surface area (Å²) in [7, 11) is 1.63. The van der Waals surface area contributed by atoms with E-state index in [4.69, 9.17) is 4.74 Å². The molecule has 0 aliphatic carbocycles. The van der Waals surface area contributed by atoms with Gasteiger partial charge >= 0.3 is 0 Å². The fraction of sp³-hybridized carbons (Fsp3) is 0.455. The van der Waals surface area contributed by atoms with Crippen molar-refractivity contribution in [3.8, 4) is 0 Å². The largest absolute Gasteiger partial charge is 0.497 e. The van der Waals surface area contributed by atoms with Crippen LogP contribution < -0.4 is 0 Å². The zero-order chi connectivity index (χ0) is 9.56. The van der Waals surface area contributed by atoms with Crippen LogP contribution in [0.4, 0.5) is 0 Å². The van der Waals surface area contributed by atoms with E-state index >= 15 is 0 Å². The molecule has 0 radical (unpaired) electrons. The highest BCUT2D eigenvalue weighted by Crippen LogP contribution is 2.08. The number of hydrogen-bond acceptors (Lipinski definition) is 1. The van der Waals surface area contributed by atoms with Crippen LogP contribution in [0.15, 0.2) is 35.6 Å². The molecule has 0 amide bonds. The molecule has 0 saturated carbocycles. The third-order valence-electron chi connectivity index (χ3n) is 1.86. The molecule has 0 aromatic rings. The molecule has 0 aromatic heterocycles. The fourth-order valence-electron chi connectivity index (χ4n) is 0.639. The van der Waals surface area contributed by atoms with Crippen LogP contribution in [0, 0.1) is 0 Å². The van der Waals surface area contributed by atoms with Gasteiger partial charge in [0.05, 0.1) is 7.11 Å². The van der Waals surface area contributed by atoms with Gasteiger partial charge < -0.3 is 4.74 Å². The molecule has 0 N–H and O–H groups in total. The lowest BCUT2D eigenvalue weighted by Gasteiger charge is -2.02. The molecule has 0 heterocycles. The number of rotatable bonds is 4. The van der Waals surface area contributed by atoms with Crippen LogP contribution in [0.25, 0.3) is 0 Å². The van der Waals surface area contributed by atoms with Gasteiger partial charge in [0, 0.05) is 0 Å². The van der Waals surface area contributed by atoms with Crippen molar-refractivity contribution in [3.63, 3.8) is 0 Å². The highest BCUT2D eigenvalue weighted by Gasteiger charge is 1.92. The Morgan fingerprint density at radius 2 is 1.92 bits per heavy atom. The molecule has 0 rings (SSSR count). The summed E-state index contributed by atoms with van der Waals surface area (Å²) in [6, 6.07) is 0. The molecule has 0 spiro atoms. The van der Waals surface area contributed by atoms with Crippen molar-refractivity contribution in [1.82, 2.24) is 0 Å². The molecule has 0 aromatic carbocycles. The van der Waals surface area contributed by atoms with Crippen molar-refractivity contribution in [2.45, 2.75) is 27.2 Å². The maximum atomic E-state index is 4.99. The quantitative estimate of drug-likeness (QED) is 0.459. The van der Waals surface area contributed by atoms with Crippen LogP contribution in [-0.4, -0.2) is 7.11 Å². The summed E-state index contributed by atoms with van der Waals surface area (Å²) in [4.78, 5) is 0. The van der Waals surface area contributed by atoms with Crippen LogP contribution in [-0.2, 0) is 4.74 Å². The smallest absolute Gasteiger partial charge is 0.114 e. The molecule has 0 saturated heterocycles. The van der Waals surface area contributed by atoms with Crippen LogP contribution in [0.5, 0.6) is 0 Å². The van der Waals surface area contributed by atoms with Crippen LogP contribution in [0.2, 0.25) is 0 Å². The Labute approximate surface area is 75.4 Å². The minimum Gasteiger partial charge on any atom is -0.497 e. The maximum Gasteiger partial charge on any atom is 0.114 e. The molecular weight excluding hydrogens is 148 g/mol. The summed E-state index contributed by atoms with van der Waals surface area (Å²) in [5.41, 5.74) is 2.43. The van der Waals surface area contributed by atoms with Crippen molar-refractivity contribution in [1.29, 1.82) is 0 Å². The summed E-state index contributed by atoms with van der Waals surface area (Å²) in [6.07, 6.45) is 5.22. The third kappa shape index (κ3) is 4.02. The third-order valence-corrected chi connectivity index (χ3v) is 1.86. The molecule has 0 fully saturated rings. The summed E-state index contributed by atoms with van der Waals surface area (Å²) in [5, 5.41) is 0. The second-order valence-corrected chi connectivity index (χ2v) is 2.84. The molecule has 0 aliphatic rings. The highest BCUT2D eigenvalue weighted by atomic mass is 16.5. The first kappa shape index (κ1) is 11.0. The number of methoxy groups -OCH3 is 1. The first-order valence-electron chi connectivity index (χ1n) is 4.19. The van der Waals surface area contributed by atoms with Gasteiger partial charge in [0.25, 0.3) is 0 Å². The Hall–Kier alpha value is -0.980. The predicted molar refractivity (Wildman–Crippen MR) is 54.0 cm³/mol. The minimum atomic E-state index is 0.732. The monoisotopic (exact) mass is 166 g/mol. The first-order chi connectivity index (χ1) is 5.61. The lowest BCUT2D eigenvalue weighted by atomic mass is 10.2. The van der Waals surface area contributed by atoms with Crippen molar-refractivity contribution < 1.29 is 4.74 Å². The summed E-state index contributed by atoms with van der Waals surface area (Å²) >= 11 is 0.